The summed E-state index contributed by atoms with van der Waals surface area (Å²) in [5.41, 5.74) is 2.20. The number of sulfone groups is 1. The maximum absolute atomic E-state index is 12.8. The Hall–Kier alpha value is -2.68. The van der Waals surface area contributed by atoms with Gasteiger partial charge in [0.2, 0.25) is 0 Å². The molecule has 27 heavy (non-hydrogen) atoms. The Kier molecular flexibility index (Phi) is 4.06. The van der Waals surface area contributed by atoms with Crippen LogP contribution in [0.2, 0.25) is 0 Å². The predicted molar refractivity (Wildman–Crippen MR) is 100.0 cm³/mol. The van der Waals surface area contributed by atoms with Gasteiger partial charge >= 0.3 is 5.69 Å². The molecule has 1 aliphatic heterocycles. The first kappa shape index (κ1) is 17.7. The number of Topliss-reactive ketones (excluding diaryl/α,β-unsaturated/α-hetero) is 1. The quantitative estimate of drug-likeness (QED) is 0.625. The van der Waals surface area contributed by atoms with Gasteiger partial charge in [0.05, 0.1) is 11.5 Å². The van der Waals surface area contributed by atoms with Crippen molar-refractivity contribution in [2.24, 2.45) is 0 Å². The molecule has 0 amide bonds. The van der Waals surface area contributed by atoms with Crippen molar-refractivity contribution >= 4 is 21.3 Å². The summed E-state index contributed by atoms with van der Waals surface area (Å²) in [6.45, 7) is 3.52. The lowest BCUT2D eigenvalue weighted by atomic mass is 10.1. The lowest BCUT2D eigenvalue weighted by Gasteiger charge is -2.16. The molecule has 1 unspecified atom stereocenters. The standard InChI is InChI=1S/C18H20N4O4S/c1-12-9-15(13(2)22(12)14-6-8-27(25,26)11-14)16(23)10-21-18(24)20-7-4-3-5-17(20)19-21/h3-5,7,9,14H,6,8,10-11H2,1-2H3. The zero-order chi connectivity index (χ0) is 19.3. The van der Waals surface area contributed by atoms with Gasteiger partial charge in [0.25, 0.3) is 0 Å². The van der Waals surface area contributed by atoms with E-state index in [2.05, 4.69) is 5.10 Å². The van der Waals surface area contributed by atoms with Gasteiger partial charge in [0.15, 0.2) is 21.3 Å². The monoisotopic (exact) mass is 388 g/mol. The molecule has 1 fully saturated rings. The van der Waals surface area contributed by atoms with Gasteiger partial charge in [0.1, 0.15) is 6.54 Å². The minimum absolute atomic E-state index is 0.100. The highest BCUT2D eigenvalue weighted by Crippen LogP contribution is 2.29. The van der Waals surface area contributed by atoms with Crippen LogP contribution in [-0.2, 0) is 16.4 Å². The average molecular weight is 388 g/mol. The fourth-order valence-corrected chi connectivity index (χ4v) is 5.59. The molecule has 1 aliphatic rings. The van der Waals surface area contributed by atoms with E-state index in [1.807, 2.05) is 18.4 Å². The Balaban J connectivity index is 1.65. The number of carbonyl (C=O) groups is 1. The van der Waals surface area contributed by atoms with Crippen LogP contribution >= 0.6 is 0 Å². The van der Waals surface area contributed by atoms with Gasteiger partial charge in [-0.2, -0.15) is 0 Å². The van der Waals surface area contributed by atoms with Crippen LogP contribution in [-0.4, -0.2) is 44.5 Å². The van der Waals surface area contributed by atoms with Gasteiger partial charge in [-0.05, 0) is 38.5 Å². The molecular formula is C18H20N4O4S. The second-order valence-corrected chi connectivity index (χ2v) is 9.23. The summed E-state index contributed by atoms with van der Waals surface area (Å²) in [6, 6.07) is 6.83. The highest BCUT2D eigenvalue weighted by Gasteiger charge is 2.31. The molecular weight excluding hydrogens is 368 g/mol. The number of carbonyl (C=O) groups excluding carboxylic acids is 1. The molecule has 3 aromatic rings. The zero-order valence-corrected chi connectivity index (χ0v) is 15.9. The van der Waals surface area contributed by atoms with Gasteiger partial charge in [-0.1, -0.05) is 6.07 Å². The molecule has 3 aromatic heterocycles. The highest BCUT2D eigenvalue weighted by molar-refractivity contribution is 7.91. The summed E-state index contributed by atoms with van der Waals surface area (Å²) >= 11 is 0. The van der Waals surface area contributed by atoms with E-state index in [4.69, 9.17) is 0 Å². The Labute approximate surface area is 156 Å². The lowest BCUT2D eigenvalue weighted by Crippen LogP contribution is -2.25. The van der Waals surface area contributed by atoms with Crippen LogP contribution in [0.25, 0.3) is 5.65 Å². The number of ketones is 1. The van der Waals surface area contributed by atoms with Crippen LogP contribution < -0.4 is 5.69 Å². The van der Waals surface area contributed by atoms with Crippen molar-refractivity contribution in [3.05, 3.63) is 57.9 Å². The van der Waals surface area contributed by atoms with Gasteiger partial charge in [-0.25, -0.2) is 17.9 Å². The molecule has 0 bridgehead atoms. The number of rotatable bonds is 4. The van der Waals surface area contributed by atoms with Crippen LogP contribution in [0.4, 0.5) is 0 Å². The molecule has 0 aromatic carbocycles. The van der Waals surface area contributed by atoms with E-state index in [9.17, 15) is 18.0 Å². The third-order valence-electron chi connectivity index (χ3n) is 5.14. The number of pyridine rings is 1. The lowest BCUT2D eigenvalue weighted by molar-refractivity contribution is 0.0965. The van der Waals surface area contributed by atoms with E-state index in [0.717, 1.165) is 16.1 Å². The summed E-state index contributed by atoms with van der Waals surface area (Å²) in [5.74, 6) is 0.0538. The fraction of sp³-hybridized carbons (Fsp3) is 0.389. The third-order valence-corrected chi connectivity index (χ3v) is 6.89. The van der Waals surface area contributed by atoms with Crippen molar-refractivity contribution in [1.29, 1.82) is 0 Å². The molecule has 1 saturated heterocycles. The van der Waals surface area contributed by atoms with E-state index < -0.39 is 9.84 Å². The van der Waals surface area contributed by atoms with Crippen molar-refractivity contribution in [3.63, 3.8) is 0 Å². The number of fused-ring (bicyclic) bond motifs is 1. The first-order valence-corrected chi connectivity index (χ1v) is 10.6. The van der Waals surface area contributed by atoms with Crippen molar-refractivity contribution < 1.29 is 13.2 Å². The van der Waals surface area contributed by atoms with Crippen LogP contribution in [0, 0.1) is 13.8 Å². The summed E-state index contributed by atoms with van der Waals surface area (Å²) in [5, 5.41) is 4.19. The van der Waals surface area contributed by atoms with Crippen LogP contribution in [0.3, 0.4) is 0 Å². The minimum atomic E-state index is -3.02. The van der Waals surface area contributed by atoms with E-state index in [0.29, 0.717) is 17.6 Å². The molecule has 1 atom stereocenters. The Morgan fingerprint density at radius 1 is 1.30 bits per heavy atom. The Bertz CT molecular complexity index is 1220. The maximum Gasteiger partial charge on any atom is 0.350 e. The molecule has 142 valence electrons. The first-order chi connectivity index (χ1) is 12.8. The molecule has 0 aliphatic carbocycles. The van der Waals surface area contributed by atoms with Crippen molar-refractivity contribution in [2.45, 2.75) is 32.9 Å². The summed E-state index contributed by atoms with van der Waals surface area (Å²) in [6.07, 6.45) is 2.16. The van der Waals surface area contributed by atoms with E-state index in [1.165, 1.54) is 4.40 Å². The number of aromatic nitrogens is 4. The fourth-order valence-electron chi connectivity index (χ4n) is 3.89. The largest absolute Gasteiger partial charge is 0.350 e. The van der Waals surface area contributed by atoms with E-state index in [-0.39, 0.29) is 35.6 Å². The summed E-state index contributed by atoms with van der Waals surface area (Å²) < 4.78 is 28.1. The summed E-state index contributed by atoms with van der Waals surface area (Å²) in [7, 11) is -3.02. The topological polar surface area (TPSA) is 95.4 Å². The van der Waals surface area contributed by atoms with E-state index in [1.54, 1.807) is 30.5 Å². The smallest absolute Gasteiger partial charge is 0.344 e. The summed E-state index contributed by atoms with van der Waals surface area (Å²) in [4.78, 5) is 25.2. The van der Waals surface area contributed by atoms with Gasteiger partial charge in [-0.3, -0.25) is 9.20 Å². The van der Waals surface area contributed by atoms with Gasteiger partial charge < -0.3 is 4.57 Å². The molecule has 0 spiro atoms. The molecule has 0 radical (unpaired) electrons. The average Bonchev–Trinajstić information content (AvgIpc) is 3.22. The molecule has 4 rings (SSSR count). The number of aryl methyl sites for hydroxylation is 1. The van der Waals surface area contributed by atoms with Crippen molar-refractivity contribution in [1.82, 2.24) is 18.7 Å². The predicted octanol–water partition coefficient (Wildman–Crippen LogP) is 1.16. The second-order valence-electron chi connectivity index (χ2n) is 7.00. The minimum Gasteiger partial charge on any atom is -0.344 e. The zero-order valence-electron chi connectivity index (χ0n) is 15.1. The first-order valence-electron chi connectivity index (χ1n) is 8.73. The van der Waals surface area contributed by atoms with Crippen molar-refractivity contribution in [3.8, 4) is 0 Å². The normalized spacial score (nSPS) is 19.0. The van der Waals surface area contributed by atoms with Crippen molar-refractivity contribution in [2.75, 3.05) is 11.5 Å². The molecule has 8 nitrogen and oxygen atoms in total. The molecule has 0 N–H and O–H groups in total. The Morgan fingerprint density at radius 3 is 2.74 bits per heavy atom. The maximum atomic E-state index is 12.8. The SMILES string of the molecule is Cc1cc(C(=O)Cn2nc3ccccn3c2=O)c(C)n1C1CCS(=O)(=O)C1. The van der Waals surface area contributed by atoms with Gasteiger partial charge in [0, 0.05) is 29.2 Å². The van der Waals surface area contributed by atoms with Crippen LogP contribution in [0.1, 0.15) is 34.2 Å². The molecule has 0 saturated carbocycles. The number of hydrogen-bond acceptors (Lipinski definition) is 5. The molecule has 9 heteroatoms. The number of nitrogens with zero attached hydrogens (tertiary/aromatic N) is 4. The van der Waals surface area contributed by atoms with Crippen LogP contribution in [0.5, 0.6) is 0 Å². The highest BCUT2D eigenvalue weighted by atomic mass is 32.2. The third kappa shape index (κ3) is 3.01. The van der Waals surface area contributed by atoms with Crippen LogP contribution in [0.15, 0.2) is 35.3 Å². The number of hydrogen-bond donors (Lipinski definition) is 0. The molecule has 4 heterocycles. The second kappa shape index (κ2) is 6.19. The Morgan fingerprint density at radius 2 is 2.07 bits per heavy atom. The van der Waals surface area contributed by atoms with Gasteiger partial charge in [-0.15, -0.1) is 5.10 Å². The van der Waals surface area contributed by atoms with E-state index >= 15 is 0 Å².